The highest BCUT2D eigenvalue weighted by Gasteiger charge is 2.36. The van der Waals surface area contributed by atoms with Crippen molar-refractivity contribution in [3.8, 4) is 6.07 Å². The maximum absolute atomic E-state index is 13.5. The van der Waals surface area contributed by atoms with Crippen LogP contribution >= 0.6 is 11.6 Å². The standard InChI is InChI=1S/C19H20ClFN2O2/c1-4-8-25-19(24)18-16(5-2)23-11(3)14(10-22)17(18)13-7-6-12(21)9-15(13)20/h6-7,9,17,23H,4-5,8H2,1-3H3. The van der Waals surface area contributed by atoms with Gasteiger partial charge in [0.2, 0.25) is 0 Å². The lowest BCUT2D eigenvalue weighted by Crippen LogP contribution is -2.30. The minimum absolute atomic E-state index is 0.170. The number of benzene rings is 1. The number of hydrogen-bond donors (Lipinski definition) is 1. The number of halogens is 2. The lowest BCUT2D eigenvalue weighted by molar-refractivity contribution is -0.139. The second-order valence-corrected chi connectivity index (χ2v) is 6.16. The number of hydrogen-bond acceptors (Lipinski definition) is 4. The van der Waals surface area contributed by atoms with Gasteiger partial charge in [-0.3, -0.25) is 0 Å². The Labute approximate surface area is 151 Å². The summed E-state index contributed by atoms with van der Waals surface area (Å²) in [4.78, 5) is 12.7. The van der Waals surface area contributed by atoms with Crippen LogP contribution in [0.5, 0.6) is 0 Å². The van der Waals surface area contributed by atoms with Gasteiger partial charge in [-0.25, -0.2) is 9.18 Å². The minimum Gasteiger partial charge on any atom is -0.462 e. The number of esters is 1. The molecule has 0 spiro atoms. The number of dihydropyridines is 1. The van der Waals surface area contributed by atoms with Gasteiger partial charge >= 0.3 is 5.97 Å². The van der Waals surface area contributed by atoms with E-state index in [9.17, 15) is 14.4 Å². The number of ether oxygens (including phenoxy) is 1. The van der Waals surface area contributed by atoms with E-state index in [4.69, 9.17) is 16.3 Å². The molecule has 25 heavy (non-hydrogen) atoms. The van der Waals surface area contributed by atoms with Crippen LogP contribution in [0.15, 0.2) is 40.7 Å². The van der Waals surface area contributed by atoms with E-state index in [2.05, 4.69) is 11.4 Å². The Hall–Kier alpha value is -2.32. The summed E-state index contributed by atoms with van der Waals surface area (Å²) in [7, 11) is 0. The molecule has 1 atom stereocenters. The molecule has 1 aromatic carbocycles. The molecule has 0 saturated heterocycles. The molecule has 1 N–H and O–H groups in total. The molecule has 0 saturated carbocycles. The zero-order valence-electron chi connectivity index (χ0n) is 14.5. The number of carbonyl (C=O) groups is 1. The van der Waals surface area contributed by atoms with Crippen LogP contribution in [0, 0.1) is 17.1 Å². The van der Waals surface area contributed by atoms with Gasteiger partial charge in [0, 0.05) is 16.4 Å². The van der Waals surface area contributed by atoms with Gasteiger partial charge in [-0.05, 0) is 37.5 Å². The van der Waals surface area contributed by atoms with Crippen molar-refractivity contribution in [3.05, 3.63) is 57.1 Å². The Morgan fingerprint density at radius 1 is 1.44 bits per heavy atom. The highest BCUT2D eigenvalue weighted by molar-refractivity contribution is 6.31. The second-order valence-electron chi connectivity index (χ2n) is 5.76. The molecule has 0 fully saturated rings. The predicted octanol–water partition coefficient (Wildman–Crippen LogP) is 4.58. The molecule has 4 nitrogen and oxygen atoms in total. The fourth-order valence-electron chi connectivity index (χ4n) is 2.88. The van der Waals surface area contributed by atoms with Crippen LogP contribution in [0.25, 0.3) is 0 Å². The van der Waals surface area contributed by atoms with Crippen molar-refractivity contribution in [2.24, 2.45) is 0 Å². The molecule has 0 radical (unpaired) electrons. The van der Waals surface area contributed by atoms with E-state index in [1.165, 1.54) is 18.2 Å². The van der Waals surface area contributed by atoms with Gasteiger partial charge < -0.3 is 10.1 Å². The summed E-state index contributed by atoms with van der Waals surface area (Å²) in [6.07, 6.45) is 1.25. The number of carbonyl (C=O) groups excluding carboxylic acids is 1. The van der Waals surface area contributed by atoms with Gasteiger partial charge in [0.05, 0.1) is 29.7 Å². The Balaban J connectivity index is 2.65. The number of nitrogens with one attached hydrogen (secondary N) is 1. The van der Waals surface area contributed by atoms with Gasteiger partial charge in [0.1, 0.15) is 5.82 Å². The van der Waals surface area contributed by atoms with Gasteiger partial charge in [0.25, 0.3) is 0 Å². The Morgan fingerprint density at radius 2 is 2.16 bits per heavy atom. The van der Waals surface area contributed by atoms with Crippen LogP contribution in [0.2, 0.25) is 5.02 Å². The SMILES string of the molecule is CCCOC(=O)C1=C(CC)NC(C)=C(C#N)C1c1ccc(F)cc1Cl. The highest BCUT2D eigenvalue weighted by atomic mass is 35.5. The number of nitriles is 1. The topological polar surface area (TPSA) is 62.1 Å². The molecule has 2 rings (SSSR count). The number of nitrogens with zero attached hydrogens (tertiary/aromatic N) is 1. The molecular formula is C19H20ClFN2O2. The summed E-state index contributed by atoms with van der Waals surface area (Å²) in [5, 5.41) is 12.9. The first-order valence-electron chi connectivity index (χ1n) is 8.17. The van der Waals surface area contributed by atoms with Crippen LogP contribution in [-0.4, -0.2) is 12.6 Å². The van der Waals surface area contributed by atoms with Crippen molar-refractivity contribution >= 4 is 17.6 Å². The first kappa shape index (κ1) is 19.0. The third kappa shape index (κ3) is 3.85. The highest BCUT2D eigenvalue weighted by Crippen LogP contribution is 2.41. The molecule has 6 heteroatoms. The molecule has 0 aliphatic carbocycles. The van der Waals surface area contributed by atoms with E-state index < -0.39 is 17.7 Å². The van der Waals surface area contributed by atoms with Crippen molar-refractivity contribution in [1.82, 2.24) is 5.32 Å². The smallest absolute Gasteiger partial charge is 0.336 e. The van der Waals surface area contributed by atoms with E-state index in [-0.39, 0.29) is 11.6 Å². The fraction of sp³-hybridized carbons (Fsp3) is 0.368. The summed E-state index contributed by atoms with van der Waals surface area (Å²) in [5.41, 5.74) is 2.57. The maximum Gasteiger partial charge on any atom is 0.336 e. The average Bonchev–Trinajstić information content (AvgIpc) is 2.58. The molecule has 0 bridgehead atoms. The Bertz CT molecular complexity index is 793. The van der Waals surface area contributed by atoms with E-state index in [0.29, 0.717) is 40.9 Å². The molecular weight excluding hydrogens is 343 g/mol. The maximum atomic E-state index is 13.5. The first-order chi connectivity index (χ1) is 11.9. The molecule has 1 aliphatic heterocycles. The van der Waals surface area contributed by atoms with Crippen LogP contribution < -0.4 is 5.32 Å². The number of allylic oxidation sites excluding steroid dienone is 3. The van der Waals surface area contributed by atoms with Crippen molar-refractivity contribution in [3.63, 3.8) is 0 Å². The van der Waals surface area contributed by atoms with Gasteiger partial charge in [-0.2, -0.15) is 5.26 Å². The van der Waals surface area contributed by atoms with E-state index in [1.807, 2.05) is 13.8 Å². The second kappa shape index (κ2) is 8.17. The average molecular weight is 363 g/mol. The number of rotatable bonds is 5. The summed E-state index contributed by atoms with van der Waals surface area (Å²) in [6.45, 7) is 5.87. The lowest BCUT2D eigenvalue weighted by Gasteiger charge is -2.30. The molecule has 0 aromatic heterocycles. The summed E-state index contributed by atoms with van der Waals surface area (Å²) in [6, 6.07) is 6.12. The third-order valence-electron chi connectivity index (χ3n) is 4.05. The fourth-order valence-corrected chi connectivity index (χ4v) is 3.16. The van der Waals surface area contributed by atoms with E-state index in [0.717, 1.165) is 0 Å². The van der Waals surface area contributed by atoms with E-state index in [1.54, 1.807) is 6.92 Å². The molecule has 0 amide bonds. The summed E-state index contributed by atoms with van der Waals surface area (Å²) in [5.74, 6) is -1.65. The van der Waals surface area contributed by atoms with Crippen LogP contribution in [0.4, 0.5) is 4.39 Å². The third-order valence-corrected chi connectivity index (χ3v) is 4.38. The van der Waals surface area contributed by atoms with Gasteiger partial charge in [0.15, 0.2) is 0 Å². The lowest BCUT2D eigenvalue weighted by atomic mass is 9.80. The van der Waals surface area contributed by atoms with Crippen molar-refractivity contribution in [2.75, 3.05) is 6.61 Å². The van der Waals surface area contributed by atoms with Crippen LogP contribution in [0.1, 0.15) is 45.1 Å². The largest absolute Gasteiger partial charge is 0.462 e. The first-order valence-corrected chi connectivity index (χ1v) is 8.55. The molecule has 132 valence electrons. The predicted molar refractivity (Wildman–Crippen MR) is 94.2 cm³/mol. The molecule has 1 aliphatic rings. The Kier molecular flexibility index (Phi) is 6.22. The summed E-state index contributed by atoms with van der Waals surface area (Å²) < 4.78 is 18.8. The van der Waals surface area contributed by atoms with Crippen LogP contribution in [-0.2, 0) is 9.53 Å². The normalized spacial score (nSPS) is 17.2. The quantitative estimate of drug-likeness (QED) is 0.779. The van der Waals surface area contributed by atoms with Crippen molar-refractivity contribution < 1.29 is 13.9 Å². The van der Waals surface area contributed by atoms with E-state index >= 15 is 0 Å². The zero-order valence-corrected chi connectivity index (χ0v) is 15.2. The van der Waals surface area contributed by atoms with Crippen LogP contribution in [0.3, 0.4) is 0 Å². The van der Waals surface area contributed by atoms with Gasteiger partial charge in [-0.1, -0.05) is 31.5 Å². The Morgan fingerprint density at radius 3 is 2.72 bits per heavy atom. The molecule has 1 unspecified atom stereocenters. The monoisotopic (exact) mass is 362 g/mol. The van der Waals surface area contributed by atoms with Crippen molar-refractivity contribution in [2.45, 2.75) is 39.5 Å². The molecule has 1 aromatic rings. The minimum atomic E-state index is -0.682. The van der Waals surface area contributed by atoms with Crippen molar-refractivity contribution in [1.29, 1.82) is 5.26 Å². The zero-order chi connectivity index (χ0) is 18.6. The molecule has 1 heterocycles. The van der Waals surface area contributed by atoms with Gasteiger partial charge in [-0.15, -0.1) is 0 Å². The summed E-state index contributed by atoms with van der Waals surface area (Å²) >= 11 is 6.23.